The van der Waals surface area contributed by atoms with E-state index in [0.717, 1.165) is 30.8 Å². The van der Waals surface area contributed by atoms with Crippen LogP contribution in [0.1, 0.15) is 36.3 Å². The summed E-state index contributed by atoms with van der Waals surface area (Å²) in [5.74, 6) is -0.111. The third kappa shape index (κ3) is 4.02. The molecule has 2 aromatic rings. The minimum atomic E-state index is -0.253. The van der Waals surface area contributed by atoms with E-state index in [0.29, 0.717) is 11.3 Å². The van der Waals surface area contributed by atoms with Crippen LogP contribution in [-0.2, 0) is 7.05 Å². The number of carbonyl (C=O) groups is 1. The Kier molecular flexibility index (Phi) is 5.29. The number of ether oxygens (including phenoxy) is 1. The molecule has 1 amide bonds. The molecular weight excluding hydrogens is 328 g/mol. The zero-order valence-electron chi connectivity index (χ0n) is 13.7. The molecule has 2 heterocycles. The lowest BCUT2D eigenvalue weighted by Crippen LogP contribution is -2.38. The van der Waals surface area contributed by atoms with Gasteiger partial charge in [-0.1, -0.05) is 11.8 Å². The van der Waals surface area contributed by atoms with Gasteiger partial charge in [0.05, 0.1) is 7.11 Å². The van der Waals surface area contributed by atoms with Gasteiger partial charge in [0.2, 0.25) is 5.82 Å². The molecule has 0 spiro atoms. The molecule has 0 bridgehead atoms. The molecule has 0 saturated heterocycles. The Morgan fingerprint density at radius 3 is 2.62 bits per heavy atom. The van der Waals surface area contributed by atoms with Crippen molar-refractivity contribution in [1.82, 2.24) is 30.0 Å². The molecule has 1 aliphatic carbocycles. The van der Waals surface area contributed by atoms with Crippen LogP contribution in [0.3, 0.4) is 0 Å². The second-order valence-corrected chi connectivity index (χ2v) is 6.91. The van der Waals surface area contributed by atoms with E-state index in [1.54, 1.807) is 31.2 Å². The molecular formula is C15H20N6O2S. The molecule has 0 aliphatic heterocycles. The molecule has 0 unspecified atom stereocenters. The Hall–Kier alpha value is -2.16. The number of nitrogens with zero attached hydrogens (tertiary/aromatic N) is 5. The van der Waals surface area contributed by atoms with Crippen LogP contribution in [0.5, 0.6) is 6.01 Å². The lowest BCUT2D eigenvalue weighted by atomic mass is 9.95. The van der Waals surface area contributed by atoms with Crippen molar-refractivity contribution in [2.24, 2.45) is 7.05 Å². The number of nitrogens with one attached hydrogen (secondary N) is 1. The standard InChI is InChI=1S/C15H20N6O2S/c1-21-15(23-2)19-12(20-21)13(22)18-10-4-6-11(7-5-10)24-14-16-8-3-9-17-14/h3,8-11H,4-7H2,1-2H3,(H,18,22). The predicted octanol–water partition coefficient (Wildman–Crippen LogP) is 1.45. The van der Waals surface area contributed by atoms with E-state index >= 15 is 0 Å². The largest absolute Gasteiger partial charge is 0.467 e. The summed E-state index contributed by atoms with van der Waals surface area (Å²) in [6, 6.07) is 2.29. The van der Waals surface area contributed by atoms with Crippen molar-refractivity contribution in [1.29, 1.82) is 0 Å². The minimum absolute atomic E-state index is 0.142. The molecule has 1 aliphatic rings. The van der Waals surface area contributed by atoms with E-state index < -0.39 is 0 Å². The zero-order valence-corrected chi connectivity index (χ0v) is 14.5. The molecule has 9 heteroatoms. The van der Waals surface area contributed by atoms with Crippen molar-refractivity contribution in [3.63, 3.8) is 0 Å². The third-order valence-corrected chi connectivity index (χ3v) is 5.16. The molecule has 8 nitrogen and oxygen atoms in total. The first-order chi connectivity index (χ1) is 11.7. The molecule has 1 fully saturated rings. The Balaban J connectivity index is 1.49. The first kappa shape index (κ1) is 16.7. The van der Waals surface area contributed by atoms with Gasteiger partial charge in [-0.15, -0.1) is 5.10 Å². The van der Waals surface area contributed by atoms with Gasteiger partial charge in [-0.3, -0.25) is 4.79 Å². The molecule has 0 atom stereocenters. The van der Waals surface area contributed by atoms with E-state index in [2.05, 4.69) is 25.4 Å². The lowest BCUT2D eigenvalue weighted by Gasteiger charge is -2.27. The van der Waals surface area contributed by atoms with E-state index in [-0.39, 0.29) is 17.8 Å². The Morgan fingerprint density at radius 1 is 1.29 bits per heavy atom. The van der Waals surface area contributed by atoms with Gasteiger partial charge in [-0.25, -0.2) is 14.6 Å². The number of carbonyl (C=O) groups excluding carboxylic acids is 1. The number of hydrogen-bond acceptors (Lipinski definition) is 7. The van der Waals surface area contributed by atoms with Crippen LogP contribution in [0.15, 0.2) is 23.6 Å². The van der Waals surface area contributed by atoms with Crippen LogP contribution in [0.25, 0.3) is 0 Å². The highest BCUT2D eigenvalue weighted by atomic mass is 32.2. The smallest absolute Gasteiger partial charge is 0.314 e. The van der Waals surface area contributed by atoms with E-state index in [1.807, 2.05) is 6.07 Å². The SMILES string of the molecule is COc1nc(C(=O)NC2CCC(Sc3ncccn3)CC2)nn1C. The maximum absolute atomic E-state index is 12.2. The van der Waals surface area contributed by atoms with Gasteiger partial charge >= 0.3 is 6.01 Å². The summed E-state index contributed by atoms with van der Waals surface area (Å²) in [6.07, 6.45) is 7.42. The van der Waals surface area contributed by atoms with Crippen LogP contribution in [0.4, 0.5) is 0 Å². The van der Waals surface area contributed by atoms with Crippen LogP contribution in [0.2, 0.25) is 0 Å². The normalized spacial score (nSPS) is 20.6. The Morgan fingerprint density at radius 2 is 2.00 bits per heavy atom. The number of methoxy groups -OCH3 is 1. The highest BCUT2D eigenvalue weighted by Crippen LogP contribution is 2.31. The summed E-state index contributed by atoms with van der Waals surface area (Å²) in [7, 11) is 3.19. The van der Waals surface area contributed by atoms with Gasteiger partial charge in [0.25, 0.3) is 5.91 Å². The van der Waals surface area contributed by atoms with Gasteiger partial charge in [-0.05, 0) is 31.7 Å². The van der Waals surface area contributed by atoms with E-state index in [1.165, 1.54) is 11.8 Å². The first-order valence-electron chi connectivity index (χ1n) is 7.85. The molecule has 0 aromatic carbocycles. The molecule has 0 radical (unpaired) electrons. The average molecular weight is 348 g/mol. The average Bonchev–Trinajstić information content (AvgIpc) is 2.99. The van der Waals surface area contributed by atoms with Gasteiger partial charge in [-0.2, -0.15) is 4.98 Å². The number of thioether (sulfide) groups is 1. The van der Waals surface area contributed by atoms with Gasteiger partial charge < -0.3 is 10.1 Å². The summed E-state index contributed by atoms with van der Waals surface area (Å²) in [5, 5.41) is 8.39. The molecule has 24 heavy (non-hydrogen) atoms. The minimum Gasteiger partial charge on any atom is -0.467 e. The van der Waals surface area contributed by atoms with Crippen LogP contribution in [-0.4, -0.2) is 49.0 Å². The Bertz CT molecular complexity index is 685. The fourth-order valence-corrected chi connectivity index (χ4v) is 3.76. The van der Waals surface area contributed by atoms with Crippen LogP contribution >= 0.6 is 11.8 Å². The maximum Gasteiger partial charge on any atom is 0.314 e. The molecule has 128 valence electrons. The molecule has 1 saturated carbocycles. The summed E-state index contributed by atoms with van der Waals surface area (Å²) in [6.45, 7) is 0. The second kappa shape index (κ2) is 7.61. The highest BCUT2D eigenvalue weighted by molar-refractivity contribution is 7.99. The fourth-order valence-electron chi connectivity index (χ4n) is 2.71. The monoisotopic (exact) mass is 348 g/mol. The Labute approximate surface area is 144 Å². The number of amides is 1. The topological polar surface area (TPSA) is 94.8 Å². The summed E-state index contributed by atoms with van der Waals surface area (Å²) >= 11 is 1.71. The zero-order chi connectivity index (χ0) is 16.9. The van der Waals surface area contributed by atoms with E-state index in [9.17, 15) is 4.79 Å². The van der Waals surface area contributed by atoms with Crippen molar-refractivity contribution in [3.05, 3.63) is 24.3 Å². The van der Waals surface area contributed by atoms with Crippen molar-refractivity contribution < 1.29 is 9.53 Å². The summed E-state index contributed by atoms with van der Waals surface area (Å²) in [4.78, 5) is 24.8. The fraction of sp³-hybridized carbons (Fsp3) is 0.533. The number of aryl methyl sites for hydroxylation is 1. The number of aromatic nitrogens is 5. The first-order valence-corrected chi connectivity index (χ1v) is 8.73. The van der Waals surface area contributed by atoms with Gasteiger partial charge in [0.1, 0.15) is 0 Å². The van der Waals surface area contributed by atoms with Crippen LogP contribution < -0.4 is 10.1 Å². The lowest BCUT2D eigenvalue weighted by molar-refractivity contribution is 0.0917. The molecule has 2 aromatic heterocycles. The second-order valence-electron chi connectivity index (χ2n) is 5.64. The maximum atomic E-state index is 12.2. The van der Waals surface area contributed by atoms with Gasteiger partial charge in [0.15, 0.2) is 5.16 Å². The van der Waals surface area contributed by atoms with Crippen molar-refractivity contribution in [2.75, 3.05) is 7.11 Å². The summed E-state index contributed by atoms with van der Waals surface area (Å²) in [5.41, 5.74) is 0. The predicted molar refractivity (Wildman–Crippen MR) is 89.0 cm³/mol. The number of hydrogen-bond donors (Lipinski definition) is 1. The van der Waals surface area contributed by atoms with E-state index in [4.69, 9.17) is 4.74 Å². The molecule has 3 rings (SSSR count). The van der Waals surface area contributed by atoms with Crippen LogP contribution in [0, 0.1) is 0 Å². The van der Waals surface area contributed by atoms with Crippen molar-refractivity contribution in [2.45, 2.75) is 42.1 Å². The third-order valence-electron chi connectivity index (χ3n) is 3.93. The summed E-state index contributed by atoms with van der Waals surface area (Å²) < 4.78 is 6.48. The highest BCUT2D eigenvalue weighted by Gasteiger charge is 2.25. The van der Waals surface area contributed by atoms with Crippen molar-refractivity contribution in [3.8, 4) is 6.01 Å². The van der Waals surface area contributed by atoms with Crippen molar-refractivity contribution >= 4 is 17.7 Å². The molecule has 1 N–H and O–H groups in total. The number of rotatable bonds is 5. The quantitative estimate of drug-likeness (QED) is 0.817. The van der Waals surface area contributed by atoms with Gasteiger partial charge in [0, 0.05) is 30.7 Å².